The average Bonchev–Trinajstić information content (AvgIpc) is 2.60. The average molecular weight is 321 g/mol. The summed E-state index contributed by atoms with van der Waals surface area (Å²) >= 11 is 0. The molecule has 0 radical (unpaired) electrons. The van der Waals surface area contributed by atoms with Crippen molar-refractivity contribution in [2.75, 3.05) is 13.2 Å². The topological polar surface area (TPSA) is 9.23 Å². The Balaban J connectivity index is 1.51. The number of hydrogen-bond acceptors (Lipinski definition) is 1. The van der Waals surface area contributed by atoms with E-state index in [1.54, 1.807) is 0 Å². The third-order valence-corrected chi connectivity index (χ3v) is 6.47. The second-order valence-corrected chi connectivity index (χ2v) is 8.32. The van der Waals surface area contributed by atoms with E-state index >= 15 is 0 Å². The molecule has 0 bridgehead atoms. The van der Waals surface area contributed by atoms with Gasteiger partial charge in [0.05, 0.1) is 6.61 Å². The van der Waals surface area contributed by atoms with Gasteiger partial charge in [-0.3, -0.25) is 0 Å². The summed E-state index contributed by atoms with van der Waals surface area (Å²) in [7, 11) is 0. The zero-order chi connectivity index (χ0) is 16.3. The van der Waals surface area contributed by atoms with Gasteiger partial charge in [0.1, 0.15) is 0 Å². The fraction of sp³-hybridized carbons (Fsp3) is 0.909. The molecule has 0 aromatic heterocycles. The van der Waals surface area contributed by atoms with Crippen LogP contribution in [0.4, 0.5) is 0 Å². The summed E-state index contributed by atoms with van der Waals surface area (Å²) < 4.78 is 5.63. The molecule has 134 valence electrons. The van der Waals surface area contributed by atoms with Crippen LogP contribution in [-0.2, 0) is 4.74 Å². The molecule has 0 saturated heterocycles. The van der Waals surface area contributed by atoms with E-state index < -0.39 is 0 Å². The SMILES string of the molecule is C=CCOCC1CCC(CC[C@H]2CC[C@H](CCCC)CC2)CC1. The summed E-state index contributed by atoms with van der Waals surface area (Å²) in [6.45, 7) is 7.73. The fourth-order valence-electron chi connectivity index (χ4n) is 4.78. The van der Waals surface area contributed by atoms with Gasteiger partial charge in [0.15, 0.2) is 0 Å². The van der Waals surface area contributed by atoms with Gasteiger partial charge in [0, 0.05) is 6.61 Å². The Morgan fingerprint density at radius 3 is 1.74 bits per heavy atom. The van der Waals surface area contributed by atoms with E-state index in [1.165, 1.54) is 83.5 Å². The molecule has 2 aliphatic carbocycles. The number of rotatable bonds is 10. The van der Waals surface area contributed by atoms with Gasteiger partial charge in [-0.05, 0) is 36.5 Å². The van der Waals surface area contributed by atoms with Crippen LogP contribution in [0.3, 0.4) is 0 Å². The number of unbranched alkanes of at least 4 members (excludes halogenated alkanes) is 1. The molecule has 23 heavy (non-hydrogen) atoms. The Hall–Kier alpha value is -0.300. The molecule has 2 saturated carbocycles. The zero-order valence-electron chi connectivity index (χ0n) is 15.6. The van der Waals surface area contributed by atoms with Gasteiger partial charge < -0.3 is 4.74 Å². The third kappa shape index (κ3) is 7.42. The highest BCUT2D eigenvalue weighted by Gasteiger charge is 2.24. The first-order valence-corrected chi connectivity index (χ1v) is 10.5. The molecule has 0 amide bonds. The molecule has 0 N–H and O–H groups in total. The standard InChI is InChI=1S/C22H40O/c1-3-5-6-19-7-9-20(10-8-19)11-12-21-13-15-22(16-14-21)18-23-17-4-2/h4,19-22H,2-3,5-18H2,1H3/t19-,20-,21?,22?. The van der Waals surface area contributed by atoms with Crippen LogP contribution >= 0.6 is 0 Å². The van der Waals surface area contributed by atoms with Crippen LogP contribution in [-0.4, -0.2) is 13.2 Å². The van der Waals surface area contributed by atoms with Crippen LogP contribution in [0, 0.1) is 23.7 Å². The molecule has 0 heterocycles. The minimum absolute atomic E-state index is 0.723. The molecule has 2 aliphatic rings. The lowest BCUT2D eigenvalue weighted by atomic mass is 9.75. The van der Waals surface area contributed by atoms with Crippen molar-refractivity contribution in [2.45, 2.75) is 90.4 Å². The van der Waals surface area contributed by atoms with Gasteiger partial charge in [-0.2, -0.15) is 0 Å². The number of hydrogen-bond donors (Lipinski definition) is 0. The molecule has 1 heteroatoms. The largest absolute Gasteiger partial charge is 0.377 e. The molecule has 0 unspecified atom stereocenters. The Kier molecular flexibility index (Phi) is 9.34. The first-order chi connectivity index (χ1) is 11.3. The van der Waals surface area contributed by atoms with E-state index in [-0.39, 0.29) is 0 Å². The predicted octanol–water partition coefficient (Wildman–Crippen LogP) is 6.77. The van der Waals surface area contributed by atoms with E-state index in [1.807, 2.05) is 6.08 Å². The first-order valence-electron chi connectivity index (χ1n) is 10.5. The van der Waals surface area contributed by atoms with Gasteiger partial charge in [0.25, 0.3) is 0 Å². The summed E-state index contributed by atoms with van der Waals surface area (Å²) in [5, 5.41) is 0. The Bertz CT molecular complexity index is 295. The predicted molar refractivity (Wildman–Crippen MR) is 101 cm³/mol. The maximum absolute atomic E-state index is 5.63. The van der Waals surface area contributed by atoms with Crippen LogP contribution in [0.2, 0.25) is 0 Å². The normalized spacial score (nSPS) is 31.9. The molecule has 0 atom stereocenters. The van der Waals surface area contributed by atoms with E-state index in [9.17, 15) is 0 Å². The van der Waals surface area contributed by atoms with Crippen molar-refractivity contribution in [3.05, 3.63) is 12.7 Å². The minimum Gasteiger partial charge on any atom is -0.377 e. The molecule has 0 aliphatic heterocycles. The second kappa shape index (κ2) is 11.3. The van der Waals surface area contributed by atoms with Crippen LogP contribution in [0.1, 0.15) is 90.4 Å². The molecule has 0 aromatic carbocycles. The van der Waals surface area contributed by atoms with Crippen molar-refractivity contribution in [3.63, 3.8) is 0 Å². The molecule has 2 fully saturated rings. The van der Waals surface area contributed by atoms with Gasteiger partial charge in [0.2, 0.25) is 0 Å². The zero-order valence-corrected chi connectivity index (χ0v) is 15.6. The second-order valence-electron chi connectivity index (χ2n) is 8.32. The van der Waals surface area contributed by atoms with Crippen molar-refractivity contribution in [1.29, 1.82) is 0 Å². The van der Waals surface area contributed by atoms with Crippen molar-refractivity contribution in [2.24, 2.45) is 23.7 Å². The van der Waals surface area contributed by atoms with Gasteiger partial charge in [-0.25, -0.2) is 0 Å². The third-order valence-electron chi connectivity index (χ3n) is 6.47. The highest BCUT2D eigenvalue weighted by Crippen LogP contribution is 2.37. The maximum atomic E-state index is 5.63. The Labute approximate surface area is 145 Å². The quantitative estimate of drug-likeness (QED) is 0.319. The molecule has 0 spiro atoms. The van der Waals surface area contributed by atoms with Crippen molar-refractivity contribution in [1.82, 2.24) is 0 Å². The monoisotopic (exact) mass is 320 g/mol. The van der Waals surface area contributed by atoms with Crippen molar-refractivity contribution < 1.29 is 4.74 Å². The summed E-state index contributed by atoms with van der Waals surface area (Å²) in [4.78, 5) is 0. The summed E-state index contributed by atoms with van der Waals surface area (Å²) in [5.41, 5.74) is 0. The van der Waals surface area contributed by atoms with Crippen LogP contribution < -0.4 is 0 Å². The van der Waals surface area contributed by atoms with E-state index in [2.05, 4.69) is 13.5 Å². The van der Waals surface area contributed by atoms with E-state index in [4.69, 9.17) is 4.74 Å². The molecular formula is C22H40O. The van der Waals surface area contributed by atoms with Crippen LogP contribution in [0.5, 0.6) is 0 Å². The smallest absolute Gasteiger partial charge is 0.0644 e. The Morgan fingerprint density at radius 2 is 1.26 bits per heavy atom. The van der Waals surface area contributed by atoms with Crippen LogP contribution in [0.25, 0.3) is 0 Å². The van der Waals surface area contributed by atoms with E-state index in [0.29, 0.717) is 0 Å². The Morgan fingerprint density at radius 1 is 0.783 bits per heavy atom. The van der Waals surface area contributed by atoms with Gasteiger partial charge in [-0.15, -0.1) is 6.58 Å². The highest BCUT2D eigenvalue weighted by atomic mass is 16.5. The minimum atomic E-state index is 0.723. The lowest BCUT2D eigenvalue weighted by Crippen LogP contribution is -2.20. The maximum Gasteiger partial charge on any atom is 0.0644 e. The summed E-state index contributed by atoms with van der Waals surface area (Å²) in [5.74, 6) is 3.96. The summed E-state index contributed by atoms with van der Waals surface area (Å²) in [6, 6.07) is 0. The highest BCUT2D eigenvalue weighted by molar-refractivity contribution is 4.77. The molecule has 2 rings (SSSR count). The molecule has 0 aromatic rings. The molecular weight excluding hydrogens is 280 g/mol. The van der Waals surface area contributed by atoms with E-state index in [0.717, 1.165) is 36.9 Å². The lowest BCUT2D eigenvalue weighted by molar-refractivity contribution is 0.0936. The molecule has 1 nitrogen and oxygen atoms in total. The van der Waals surface area contributed by atoms with Gasteiger partial charge >= 0.3 is 0 Å². The van der Waals surface area contributed by atoms with Crippen LogP contribution in [0.15, 0.2) is 12.7 Å². The van der Waals surface area contributed by atoms with Crippen molar-refractivity contribution >= 4 is 0 Å². The summed E-state index contributed by atoms with van der Waals surface area (Å²) in [6.07, 6.45) is 21.0. The van der Waals surface area contributed by atoms with Gasteiger partial charge in [-0.1, -0.05) is 83.6 Å². The number of ether oxygens (including phenoxy) is 1. The van der Waals surface area contributed by atoms with Crippen molar-refractivity contribution in [3.8, 4) is 0 Å². The lowest BCUT2D eigenvalue weighted by Gasteiger charge is -2.32. The fourth-order valence-corrected chi connectivity index (χ4v) is 4.78. The first kappa shape index (κ1) is 19.0.